The Kier molecular flexibility index (Phi) is 5.43. The van der Waals surface area contributed by atoms with Crippen molar-refractivity contribution >= 4 is 0 Å². The summed E-state index contributed by atoms with van der Waals surface area (Å²) >= 11 is 0. The zero-order valence-corrected chi connectivity index (χ0v) is 12.4. The second-order valence-corrected chi connectivity index (χ2v) is 5.77. The predicted octanol–water partition coefficient (Wildman–Crippen LogP) is 3.82. The molecule has 1 N–H and O–H groups in total. The van der Waals surface area contributed by atoms with Gasteiger partial charge in [-0.2, -0.15) is 5.26 Å². The lowest BCUT2D eigenvalue weighted by Gasteiger charge is -2.32. The van der Waals surface area contributed by atoms with Crippen LogP contribution in [0, 0.1) is 17.2 Å². The molecule has 0 aromatic heterocycles. The number of hydrogen-bond donors (Lipinski definition) is 1. The molecule has 3 nitrogen and oxygen atoms in total. The van der Waals surface area contributed by atoms with E-state index in [9.17, 15) is 0 Å². The Hall–Kier alpha value is -1.53. The third-order valence-corrected chi connectivity index (χ3v) is 4.26. The second kappa shape index (κ2) is 7.31. The van der Waals surface area contributed by atoms with Gasteiger partial charge < -0.3 is 10.1 Å². The van der Waals surface area contributed by atoms with Crippen molar-refractivity contribution in [2.24, 2.45) is 5.92 Å². The molecule has 1 aliphatic carbocycles. The molecule has 108 valence electrons. The molecular weight excluding hydrogens is 248 g/mol. The summed E-state index contributed by atoms with van der Waals surface area (Å²) in [6.45, 7) is 4.67. The smallest absolute Gasteiger partial charge is 0.174 e. The first-order valence-electron chi connectivity index (χ1n) is 7.56. The first-order valence-corrected chi connectivity index (χ1v) is 7.56. The maximum Gasteiger partial charge on any atom is 0.174 e. The van der Waals surface area contributed by atoms with Gasteiger partial charge in [0.05, 0.1) is 0 Å². The quantitative estimate of drug-likeness (QED) is 0.886. The van der Waals surface area contributed by atoms with Crippen LogP contribution in [0.5, 0.6) is 5.75 Å². The van der Waals surface area contributed by atoms with E-state index in [-0.39, 0.29) is 6.61 Å². The van der Waals surface area contributed by atoms with E-state index in [1.165, 1.54) is 31.2 Å². The molecule has 0 bridgehead atoms. The van der Waals surface area contributed by atoms with Crippen LogP contribution < -0.4 is 10.1 Å². The molecule has 20 heavy (non-hydrogen) atoms. The van der Waals surface area contributed by atoms with Crippen LogP contribution in [0.4, 0.5) is 0 Å². The summed E-state index contributed by atoms with van der Waals surface area (Å²) in [5.41, 5.74) is 1.27. The molecule has 3 heteroatoms. The molecule has 3 atom stereocenters. The van der Waals surface area contributed by atoms with Gasteiger partial charge in [-0.25, -0.2) is 0 Å². The Labute approximate surface area is 121 Å². The molecule has 2 rings (SSSR count). The minimum atomic E-state index is 0.104. The van der Waals surface area contributed by atoms with Gasteiger partial charge in [0, 0.05) is 12.1 Å². The Morgan fingerprint density at radius 1 is 1.30 bits per heavy atom. The highest BCUT2D eigenvalue weighted by molar-refractivity contribution is 5.29. The number of hydrogen-bond acceptors (Lipinski definition) is 3. The summed E-state index contributed by atoms with van der Waals surface area (Å²) in [6.07, 6.45) is 5.34. The molecule has 1 saturated carbocycles. The summed E-state index contributed by atoms with van der Waals surface area (Å²) in [5.74, 6) is 1.53. The van der Waals surface area contributed by atoms with Gasteiger partial charge >= 0.3 is 0 Å². The lowest BCUT2D eigenvalue weighted by Crippen LogP contribution is -2.38. The van der Waals surface area contributed by atoms with Crippen molar-refractivity contribution in [1.82, 2.24) is 5.32 Å². The lowest BCUT2D eigenvalue weighted by atomic mass is 9.85. The molecule has 1 fully saturated rings. The molecular formula is C17H24N2O. The van der Waals surface area contributed by atoms with Crippen LogP contribution in [-0.2, 0) is 0 Å². The fraction of sp³-hybridized carbons (Fsp3) is 0.588. The van der Waals surface area contributed by atoms with Crippen LogP contribution in [0.15, 0.2) is 24.3 Å². The van der Waals surface area contributed by atoms with Crippen molar-refractivity contribution in [2.75, 3.05) is 6.61 Å². The van der Waals surface area contributed by atoms with Crippen LogP contribution in [0.3, 0.4) is 0 Å². The Balaban J connectivity index is 1.91. The molecule has 0 aliphatic heterocycles. The van der Waals surface area contributed by atoms with Gasteiger partial charge in [-0.1, -0.05) is 31.9 Å². The Morgan fingerprint density at radius 2 is 2.00 bits per heavy atom. The summed E-state index contributed by atoms with van der Waals surface area (Å²) < 4.78 is 5.28. The minimum absolute atomic E-state index is 0.104. The lowest BCUT2D eigenvalue weighted by molar-refractivity contribution is 0.263. The highest BCUT2D eigenvalue weighted by Crippen LogP contribution is 2.26. The molecule has 3 unspecified atom stereocenters. The summed E-state index contributed by atoms with van der Waals surface area (Å²) in [5, 5.41) is 12.2. The summed E-state index contributed by atoms with van der Waals surface area (Å²) in [4.78, 5) is 0. The van der Waals surface area contributed by atoms with Crippen molar-refractivity contribution < 1.29 is 4.74 Å². The zero-order valence-electron chi connectivity index (χ0n) is 12.4. The first kappa shape index (κ1) is 14.9. The normalized spacial score (nSPS) is 23.9. The van der Waals surface area contributed by atoms with E-state index in [1.807, 2.05) is 18.2 Å². The van der Waals surface area contributed by atoms with Crippen molar-refractivity contribution in [1.29, 1.82) is 5.26 Å². The molecule has 0 spiro atoms. The van der Waals surface area contributed by atoms with Gasteiger partial charge in [0.2, 0.25) is 0 Å². The van der Waals surface area contributed by atoms with Crippen molar-refractivity contribution in [2.45, 2.75) is 51.6 Å². The van der Waals surface area contributed by atoms with Crippen LogP contribution >= 0.6 is 0 Å². The number of rotatable bonds is 5. The van der Waals surface area contributed by atoms with Gasteiger partial charge in [-0.15, -0.1) is 0 Å². The van der Waals surface area contributed by atoms with Gasteiger partial charge in [0.25, 0.3) is 0 Å². The van der Waals surface area contributed by atoms with Crippen molar-refractivity contribution in [3.8, 4) is 11.8 Å². The van der Waals surface area contributed by atoms with E-state index < -0.39 is 0 Å². The highest BCUT2D eigenvalue weighted by atomic mass is 16.5. The van der Waals surface area contributed by atoms with Crippen LogP contribution in [0.2, 0.25) is 0 Å². The maximum absolute atomic E-state index is 8.49. The molecule has 0 radical (unpaired) electrons. The molecule has 0 heterocycles. The van der Waals surface area contributed by atoms with Crippen LogP contribution in [0.25, 0.3) is 0 Å². The minimum Gasteiger partial charge on any atom is -0.479 e. The van der Waals surface area contributed by atoms with Crippen molar-refractivity contribution in [3.05, 3.63) is 29.8 Å². The SMILES string of the molecule is CC(NC1CCCCC1C)c1ccc(OCC#N)cc1. The summed E-state index contributed by atoms with van der Waals surface area (Å²) in [6, 6.07) is 11.0. The average Bonchev–Trinajstić information content (AvgIpc) is 2.48. The van der Waals surface area contributed by atoms with E-state index in [0.717, 1.165) is 11.7 Å². The number of ether oxygens (including phenoxy) is 1. The van der Waals surface area contributed by atoms with E-state index in [4.69, 9.17) is 10.00 Å². The zero-order chi connectivity index (χ0) is 14.4. The van der Waals surface area contributed by atoms with Crippen molar-refractivity contribution in [3.63, 3.8) is 0 Å². The maximum atomic E-state index is 8.49. The molecule has 0 amide bonds. The van der Waals surface area contributed by atoms with E-state index in [0.29, 0.717) is 12.1 Å². The van der Waals surface area contributed by atoms with E-state index >= 15 is 0 Å². The van der Waals surface area contributed by atoms with E-state index in [2.05, 4.69) is 31.3 Å². The topological polar surface area (TPSA) is 45.0 Å². The van der Waals surface area contributed by atoms with Crippen LogP contribution in [-0.4, -0.2) is 12.6 Å². The molecule has 1 aliphatic rings. The third kappa shape index (κ3) is 3.98. The molecule has 1 aromatic rings. The van der Waals surface area contributed by atoms with Gasteiger partial charge in [0.15, 0.2) is 6.61 Å². The average molecular weight is 272 g/mol. The Bertz CT molecular complexity index is 449. The number of nitrogens with zero attached hydrogens (tertiary/aromatic N) is 1. The summed E-state index contributed by atoms with van der Waals surface area (Å²) in [7, 11) is 0. The van der Waals surface area contributed by atoms with Gasteiger partial charge in [-0.05, 0) is 43.4 Å². The predicted molar refractivity (Wildman–Crippen MR) is 80.5 cm³/mol. The number of benzene rings is 1. The first-order chi connectivity index (χ1) is 9.70. The fourth-order valence-electron chi connectivity index (χ4n) is 2.95. The largest absolute Gasteiger partial charge is 0.479 e. The standard InChI is InChI=1S/C17H24N2O/c1-13-5-3-4-6-17(13)19-14(2)15-7-9-16(10-8-15)20-12-11-18/h7-10,13-14,17,19H,3-6,12H2,1-2H3. The van der Waals surface area contributed by atoms with Gasteiger partial charge in [0.1, 0.15) is 11.8 Å². The number of nitriles is 1. The van der Waals surface area contributed by atoms with E-state index in [1.54, 1.807) is 0 Å². The monoisotopic (exact) mass is 272 g/mol. The second-order valence-electron chi connectivity index (χ2n) is 5.77. The third-order valence-electron chi connectivity index (χ3n) is 4.26. The highest BCUT2D eigenvalue weighted by Gasteiger charge is 2.22. The molecule has 1 aromatic carbocycles. The van der Waals surface area contributed by atoms with Gasteiger partial charge in [-0.3, -0.25) is 0 Å². The molecule has 0 saturated heterocycles. The fourth-order valence-corrected chi connectivity index (χ4v) is 2.95. The number of nitrogens with one attached hydrogen (secondary N) is 1. The van der Waals surface area contributed by atoms with Crippen LogP contribution in [0.1, 0.15) is 51.1 Å². The Morgan fingerprint density at radius 3 is 2.65 bits per heavy atom.